The van der Waals surface area contributed by atoms with Crippen LogP contribution in [0, 0.1) is 5.92 Å². The van der Waals surface area contributed by atoms with E-state index in [4.69, 9.17) is 37.0 Å². The minimum Gasteiger partial charge on any atom is -0.462 e. The molecule has 0 bridgehead atoms. The van der Waals surface area contributed by atoms with E-state index < -0.39 is 97.5 Å². The van der Waals surface area contributed by atoms with Crippen molar-refractivity contribution >= 4 is 39.5 Å². The van der Waals surface area contributed by atoms with Crippen molar-refractivity contribution in [1.29, 1.82) is 0 Å². The molecule has 101 heavy (non-hydrogen) atoms. The second-order valence-electron chi connectivity index (χ2n) is 28.6. The van der Waals surface area contributed by atoms with Gasteiger partial charge in [-0.2, -0.15) is 0 Å². The second-order valence-corrected chi connectivity index (χ2v) is 31.5. The molecule has 0 aliphatic carbocycles. The summed E-state index contributed by atoms with van der Waals surface area (Å²) in [4.78, 5) is 73.0. The van der Waals surface area contributed by atoms with E-state index in [9.17, 15) is 43.2 Å². The first kappa shape index (κ1) is 98.0. The van der Waals surface area contributed by atoms with E-state index in [0.717, 1.165) is 134 Å². The number of aliphatic hydroxyl groups excluding tert-OH is 1. The third kappa shape index (κ3) is 75.1. The number of hydrogen-bond donors (Lipinski definition) is 3. The standard InChI is InChI=1S/C82H152O17P2/c1-6-9-12-15-18-21-24-27-30-31-32-33-34-37-40-43-46-53-58-63-68-81(86)98-77(71-92-79(84)65-60-55-50-44-41-38-35-28-25-22-19-16-13-10-7-2)73-96-100(88,89)94-69-76(83)70-95-101(90,91)97-74-78(72-93-80(85)66-61-56-51-48-47-49-54-59-64-75(4)5)99-82(87)67-62-57-52-45-42-39-36-29-26-23-20-17-14-11-8-3/h22-23,25-26,28-29,35-36,75-78,83H,6-21,24,27,30-34,37-74H2,1-5H3,(H,88,89)(H,90,91)/b25-22-,26-23-,35-28-,36-29-/t76-,77-,78-/m1/s1. The van der Waals surface area contributed by atoms with Gasteiger partial charge < -0.3 is 33.8 Å². The SMILES string of the molecule is CCCCCC/C=C\C=C/CCCCCCCC(=O)OC[C@H](COP(=O)(O)OC[C@@H](O)COP(=O)(O)OC[C@@H](COC(=O)CCCCCCCCCCC(C)C)OC(=O)CCCCCCC/C=C\C=C/CCCCCC)OC(=O)CCCCCCCCCCCCCCCCCCCCCC. The van der Waals surface area contributed by atoms with Gasteiger partial charge in [0.15, 0.2) is 12.2 Å². The summed E-state index contributed by atoms with van der Waals surface area (Å²) < 4.78 is 68.6. The highest BCUT2D eigenvalue weighted by Gasteiger charge is 2.30. The van der Waals surface area contributed by atoms with E-state index in [-0.39, 0.29) is 25.7 Å². The average Bonchev–Trinajstić information content (AvgIpc) is 0.964. The zero-order valence-corrected chi connectivity index (χ0v) is 66.8. The highest BCUT2D eigenvalue weighted by molar-refractivity contribution is 7.47. The average molecular weight is 1470 g/mol. The predicted molar refractivity (Wildman–Crippen MR) is 413 cm³/mol. The van der Waals surface area contributed by atoms with Gasteiger partial charge in [0.25, 0.3) is 0 Å². The Balaban J connectivity index is 5.30. The zero-order valence-electron chi connectivity index (χ0n) is 65.0. The van der Waals surface area contributed by atoms with Crippen LogP contribution in [0.15, 0.2) is 48.6 Å². The van der Waals surface area contributed by atoms with Gasteiger partial charge in [0.2, 0.25) is 0 Å². The fourth-order valence-corrected chi connectivity index (χ4v) is 13.3. The highest BCUT2D eigenvalue weighted by atomic mass is 31.2. The summed E-state index contributed by atoms with van der Waals surface area (Å²) >= 11 is 0. The number of carbonyl (C=O) groups excluding carboxylic acids is 4. The van der Waals surface area contributed by atoms with Crippen LogP contribution in [0.3, 0.4) is 0 Å². The molecule has 0 amide bonds. The molecular formula is C82H152O17P2. The third-order valence-electron chi connectivity index (χ3n) is 18.0. The lowest BCUT2D eigenvalue weighted by Crippen LogP contribution is -2.30. The first-order valence-electron chi connectivity index (χ1n) is 41.3. The topological polar surface area (TPSA) is 237 Å². The Hall–Kier alpha value is -2.98. The number of carbonyl (C=O) groups is 4. The fraction of sp³-hybridized carbons (Fsp3) is 0.854. The van der Waals surface area contributed by atoms with Crippen molar-refractivity contribution < 1.29 is 80.2 Å². The largest absolute Gasteiger partial charge is 0.472 e. The van der Waals surface area contributed by atoms with Crippen molar-refractivity contribution in [2.45, 2.75) is 406 Å². The number of ether oxygens (including phenoxy) is 4. The zero-order chi connectivity index (χ0) is 74.1. The van der Waals surface area contributed by atoms with Crippen LogP contribution in [0.2, 0.25) is 0 Å². The van der Waals surface area contributed by atoms with Crippen LogP contribution in [0.4, 0.5) is 0 Å². The van der Waals surface area contributed by atoms with E-state index in [2.05, 4.69) is 83.2 Å². The van der Waals surface area contributed by atoms with Gasteiger partial charge in [-0.15, -0.1) is 0 Å². The molecule has 0 aromatic heterocycles. The molecule has 0 radical (unpaired) electrons. The number of esters is 4. The van der Waals surface area contributed by atoms with Crippen molar-refractivity contribution in [3.63, 3.8) is 0 Å². The minimum absolute atomic E-state index is 0.0824. The lowest BCUT2D eigenvalue weighted by Gasteiger charge is -2.21. The molecule has 0 rings (SSSR count). The molecule has 5 atom stereocenters. The summed E-state index contributed by atoms with van der Waals surface area (Å²) in [7, 11) is -9.94. The Morgan fingerprint density at radius 2 is 0.535 bits per heavy atom. The maximum Gasteiger partial charge on any atom is 0.472 e. The highest BCUT2D eigenvalue weighted by Crippen LogP contribution is 2.45. The lowest BCUT2D eigenvalue weighted by molar-refractivity contribution is -0.161. The lowest BCUT2D eigenvalue weighted by atomic mass is 10.0. The van der Waals surface area contributed by atoms with E-state index in [1.54, 1.807) is 0 Å². The van der Waals surface area contributed by atoms with E-state index in [1.165, 1.54) is 173 Å². The third-order valence-corrected chi connectivity index (χ3v) is 19.9. The molecule has 0 aromatic rings. The van der Waals surface area contributed by atoms with Crippen LogP contribution in [0.1, 0.15) is 388 Å². The van der Waals surface area contributed by atoms with Crippen LogP contribution in [0.5, 0.6) is 0 Å². The van der Waals surface area contributed by atoms with Crippen molar-refractivity contribution in [2.24, 2.45) is 5.92 Å². The van der Waals surface area contributed by atoms with E-state index in [1.807, 2.05) is 0 Å². The van der Waals surface area contributed by atoms with Gasteiger partial charge >= 0.3 is 39.5 Å². The van der Waals surface area contributed by atoms with E-state index >= 15 is 0 Å². The van der Waals surface area contributed by atoms with Crippen LogP contribution >= 0.6 is 15.6 Å². The summed E-state index contributed by atoms with van der Waals surface area (Å²) in [6.07, 6.45) is 71.1. The molecule has 0 fully saturated rings. The van der Waals surface area contributed by atoms with Crippen molar-refractivity contribution in [2.75, 3.05) is 39.6 Å². The van der Waals surface area contributed by atoms with Gasteiger partial charge in [-0.25, -0.2) is 9.13 Å². The number of phosphoric ester groups is 2. The van der Waals surface area contributed by atoms with Gasteiger partial charge in [-0.05, 0) is 83.0 Å². The van der Waals surface area contributed by atoms with Crippen LogP contribution in [0.25, 0.3) is 0 Å². The summed E-state index contributed by atoms with van der Waals surface area (Å²) in [5.41, 5.74) is 0. The van der Waals surface area contributed by atoms with Gasteiger partial charge in [-0.3, -0.25) is 37.3 Å². The summed E-state index contributed by atoms with van der Waals surface area (Å²) in [6.45, 7) is 7.16. The monoisotopic (exact) mass is 1470 g/mol. The Kier molecular flexibility index (Phi) is 71.7. The quantitative estimate of drug-likeness (QED) is 0.0169. The number of unbranched alkanes of at least 4 members (excludes halogenated alkanes) is 44. The second kappa shape index (κ2) is 73.9. The van der Waals surface area contributed by atoms with Crippen molar-refractivity contribution in [3.05, 3.63) is 48.6 Å². The minimum atomic E-state index is -4.97. The van der Waals surface area contributed by atoms with Crippen LogP contribution in [-0.2, 0) is 65.4 Å². The van der Waals surface area contributed by atoms with Gasteiger partial charge in [-0.1, -0.05) is 334 Å². The Morgan fingerprint density at radius 1 is 0.307 bits per heavy atom. The smallest absolute Gasteiger partial charge is 0.462 e. The first-order chi connectivity index (χ1) is 49.0. The molecule has 0 aliphatic heterocycles. The molecule has 17 nitrogen and oxygen atoms in total. The number of allylic oxidation sites excluding steroid dienone is 8. The molecule has 19 heteroatoms. The summed E-state index contributed by atoms with van der Waals surface area (Å²) in [5, 5.41) is 10.6. The molecule has 0 aliphatic rings. The molecule has 0 aromatic carbocycles. The molecule has 592 valence electrons. The summed E-state index contributed by atoms with van der Waals surface area (Å²) in [6, 6.07) is 0. The molecular weight excluding hydrogens is 1320 g/mol. The predicted octanol–water partition coefficient (Wildman–Crippen LogP) is 23.9. The Bertz CT molecular complexity index is 2120. The van der Waals surface area contributed by atoms with Gasteiger partial charge in [0.05, 0.1) is 26.4 Å². The van der Waals surface area contributed by atoms with Crippen LogP contribution < -0.4 is 0 Å². The molecule has 0 heterocycles. The molecule has 2 unspecified atom stereocenters. The van der Waals surface area contributed by atoms with Crippen LogP contribution in [-0.4, -0.2) is 96.7 Å². The van der Waals surface area contributed by atoms with Crippen molar-refractivity contribution in [3.8, 4) is 0 Å². The first-order valence-corrected chi connectivity index (χ1v) is 44.3. The number of phosphoric acid groups is 2. The summed E-state index contributed by atoms with van der Waals surface area (Å²) in [5.74, 6) is -1.45. The van der Waals surface area contributed by atoms with Crippen molar-refractivity contribution in [1.82, 2.24) is 0 Å². The normalized spacial score (nSPS) is 14.1. The maximum absolute atomic E-state index is 13.1. The molecule has 0 spiro atoms. The fourth-order valence-electron chi connectivity index (χ4n) is 11.7. The molecule has 0 saturated carbocycles. The Labute approximate surface area is 617 Å². The molecule has 3 N–H and O–H groups in total. The Morgan fingerprint density at radius 3 is 0.812 bits per heavy atom. The molecule has 0 saturated heterocycles. The van der Waals surface area contributed by atoms with E-state index in [0.29, 0.717) is 25.7 Å². The van der Waals surface area contributed by atoms with Gasteiger partial charge in [0, 0.05) is 25.7 Å². The number of hydrogen-bond acceptors (Lipinski definition) is 15. The van der Waals surface area contributed by atoms with Gasteiger partial charge in [0.1, 0.15) is 19.3 Å². The maximum atomic E-state index is 13.1. The number of rotatable bonds is 78. The number of aliphatic hydroxyl groups is 1.